The highest BCUT2D eigenvalue weighted by molar-refractivity contribution is 7.99. The summed E-state index contributed by atoms with van der Waals surface area (Å²) in [5.74, 6) is 1.36. The fraction of sp³-hybridized carbons (Fsp3) is 0.600. The number of carbonyl (C=O) groups is 2. The third kappa shape index (κ3) is 15.9. The number of ether oxygens (including phenoxy) is 1. The molecule has 0 amide bonds. The molecule has 25 heavy (non-hydrogen) atoms. The Hall–Kier alpha value is -1.33. The molecule has 0 bridgehead atoms. The minimum absolute atomic E-state index is 0.0287. The topological polar surface area (TPSA) is 55.4 Å². The van der Waals surface area contributed by atoms with E-state index in [1.165, 1.54) is 5.56 Å². The number of nitrogens with one attached hydrogen (secondary N) is 1. The fourth-order valence-corrected chi connectivity index (χ4v) is 2.65. The van der Waals surface area contributed by atoms with Gasteiger partial charge in [0.1, 0.15) is 12.2 Å². The van der Waals surface area contributed by atoms with Gasteiger partial charge in [-0.25, -0.2) is 0 Å². The lowest BCUT2D eigenvalue weighted by Crippen LogP contribution is -2.12. The largest absolute Gasteiger partial charge is 0.465 e. The molecular weight excluding hydrogens is 334 g/mol. The zero-order valence-corrected chi connectivity index (χ0v) is 16.7. The van der Waals surface area contributed by atoms with Crippen LogP contribution < -0.4 is 5.32 Å². The van der Waals surface area contributed by atoms with Crippen LogP contribution in [0.4, 0.5) is 0 Å². The molecule has 0 unspecified atom stereocenters. The molecule has 1 aromatic carbocycles. The van der Waals surface area contributed by atoms with Crippen LogP contribution in [0.2, 0.25) is 0 Å². The Balaban J connectivity index is 0.00000101. The molecule has 0 saturated heterocycles. The molecule has 0 aliphatic heterocycles. The van der Waals surface area contributed by atoms with Crippen LogP contribution >= 0.6 is 11.8 Å². The summed E-state index contributed by atoms with van der Waals surface area (Å²) in [4.78, 5) is 22.9. The van der Waals surface area contributed by atoms with Gasteiger partial charge in [0.15, 0.2) is 0 Å². The summed E-state index contributed by atoms with van der Waals surface area (Å²) < 4.78 is 5.07. The van der Waals surface area contributed by atoms with Crippen molar-refractivity contribution >= 4 is 23.5 Å². The van der Waals surface area contributed by atoms with Gasteiger partial charge in [-0.3, -0.25) is 9.59 Å². The number of hydrogen-bond donors (Lipinski definition) is 1. The molecule has 0 atom stereocenters. The van der Waals surface area contributed by atoms with Crippen molar-refractivity contribution in [2.24, 2.45) is 0 Å². The molecule has 0 aliphatic rings. The number of hydrogen-bond acceptors (Lipinski definition) is 5. The third-order valence-electron chi connectivity index (χ3n) is 3.29. The standard InChI is InChI=1S/C16H22O3S.C4H11N/c1-2-20-12-10-15(17)13-16(18)19-11-6-9-14-7-4-3-5-8-14;1-3-5-4-2/h3-5,7-8H,2,6,9-13H2,1H3;5H,3-4H2,1-2H3. The smallest absolute Gasteiger partial charge is 0.313 e. The summed E-state index contributed by atoms with van der Waals surface area (Å²) >= 11 is 1.71. The molecule has 0 aromatic heterocycles. The Kier molecular flexibility index (Phi) is 16.6. The number of ketones is 1. The SMILES string of the molecule is CCNCC.CCSCCC(=O)CC(=O)OCCCc1ccccc1. The van der Waals surface area contributed by atoms with Gasteiger partial charge in [0.2, 0.25) is 0 Å². The van der Waals surface area contributed by atoms with Crippen LogP contribution in [-0.2, 0) is 20.7 Å². The molecule has 1 aromatic rings. The fourth-order valence-electron chi connectivity index (χ4n) is 1.99. The number of benzene rings is 1. The summed E-state index contributed by atoms with van der Waals surface area (Å²) in [6, 6.07) is 10.1. The van der Waals surface area contributed by atoms with E-state index >= 15 is 0 Å². The van der Waals surface area contributed by atoms with E-state index in [1.807, 2.05) is 18.2 Å². The van der Waals surface area contributed by atoms with Gasteiger partial charge in [-0.1, -0.05) is 51.1 Å². The van der Waals surface area contributed by atoms with E-state index in [9.17, 15) is 9.59 Å². The summed E-state index contributed by atoms with van der Waals surface area (Å²) in [6.07, 6.45) is 2.04. The van der Waals surface area contributed by atoms with Gasteiger partial charge < -0.3 is 10.1 Å². The average molecular weight is 368 g/mol. The van der Waals surface area contributed by atoms with Crippen molar-refractivity contribution in [3.05, 3.63) is 35.9 Å². The van der Waals surface area contributed by atoms with Crippen LogP contribution in [0.3, 0.4) is 0 Å². The molecule has 0 fully saturated rings. The molecule has 1 rings (SSSR count). The van der Waals surface area contributed by atoms with Gasteiger partial charge in [0, 0.05) is 12.2 Å². The minimum Gasteiger partial charge on any atom is -0.465 e. The molecule has 4 nitrogen and oxygen atoms in total. The molecule has 0 heterocycles. The first-order valence-corrected chi connectivity index (χ1v) is 10.3. The lowest BCUT2D eigenvalue weighted by atomic mass is 10.1. The average Bonchev–Trinajstić information content (AvgIpc) is 2.61. The second kappa shape index (κ2) is 17.5. The van der Waals surface area contributed by atoms with Crippen LogP contribution in [0.5, 0.6) is 0 Å². The van der Waals surface area contributed by atoms with E-state index < -0.39 is 5.97 Å². The Morgan fingerprint density at radius 1 is 1.08 bits per heavy atom. The highest BCUT2D eigenvalue weighted by atomic mass is 32.2. The van der Waals surface area contributed by atoms with E-state index in [-0.39, 0.29) is 12.2 Å². The summed E-state index contributed by atoms with van der Waals surface area (Å²) in [6.45, 7) is 8.82. The number of carbonyl (C=O) groups excluding carboxylic acids is 2. The van der Waals surface area contributed by atoms with E-state index in [0.717, 1.165) is 37.4 Å². The Bertz CT molecular complexity index is 450. The molecule has 0 aliphatic carbocycles. The maximum Gasteiger partial charge on any atom is 0.313 e. The van der Waals surface area contributed by atoms with E-state index in [0.29, 0.717) is 13.0 Å². The Labute approximate surface area is 157 Å². The van der Waals surface area contributed by atoms with Gasteiger partial charge in [-0.2, -0.15) is 11.8 Å². The molecule has 0 radical (unpaired) electrons. The van der Waals surface area contributed by atoms with Crippen molar-refractivity contribution in [1.82, 2.24) is 5.32 Å². The molecule has 0 spiro atoms. The summed E-state index contributed by atoms with van der Waals surface area (Å²) in [5.41, 5.74) is 1.23. The molecule has 0 saturated carbocycles. The predicted octanol–water partition coefficient (Wildman–Crippen LogP) is 3.88. The Morgan fingerprint density at radius 3 is 2.32 bits per heavy atom. The molecule has 142 valence electrons. The zero-order chi connectivity index (χ0) is 18.8. The highest BCUT2D eigenvalue weighted by Crippen LogP contribution is 2.05. The van der Waals surface area contributed by atoms with Crippen LogP contribution in [0, 0.1) is 0 Å². The Morgan fingerprint density at radius 2 is 1.76 bits per heavy atom. The summed E-state index contributed by atoms with van der Waals surface area (Å²) in [7, 11) is 0. The maximum atomic E-state index is 11.5. The second-order valence-electron chi connectivity index (χ2n) is 5.43. The molecule has 5 heteroatoms. The van der Waals surface area contributed by atoms with Gasteiger partial charge in [0.05, 0.1) is 6.61 Å². The monoisotopic (exact) mass is 367 g/mol. The van der Waals surface area contributed by atoms with Crippen molar-refractivity contribution in [2.45, 2.75) is 46.5 Å². The summed E-state index contributed by atoms with van der Waals surface area (Å²) in [5, 5.41) is 3.11. The number of rotatable bonds is 12. The first kappa shape index (κ1) is 23.7. The lowest BCUT2D eigenvalue weighted by Gasteiger charge is -2.04. The number of aryl methyl sites for hydroxylation is 1. The van der Waals surface area contributed by atoms with Crippen LogP contribution in [0.15, 0.2) is 30.3 Å². The van der Waals surface area contributed by atoms with Crippen molar-refractivity contribution in [3.63, 3.8) is 0 Å². The first-order chi connectivity index (χ1) is 12.1. The molecule has 1 N–H and O–H groups in total. The van der Waals surface area contributed by atoms with Crippen LogP contribution in [0.1, 0.15) is 45.6 Å². The van der Waals surface area contributed by atoms with E-state index in [1.54, 1.807) is 11.8 Å². The van der Waals surface area contributed by atoms with Crippen molar-refractivity contribution in [2.75, 3.05) is 31.2 Å². The minimum atomic E-state index is -0.399. The van der Waals surface area contributed by atoms with Gasteiger partial charge in [-0.15, -0.1) is 0 Å². The van der Waals surface area contributed by atoms with Gasteiger partial charge in [0.25, 0.3) is 0 Å². The first-order valence-electron chi connectivity index (χ1n) is 9.13. The number of thioether (sulfide) groups is 1. The van der Waals surface area contributed by atoms with E-state index in [2.05, 4.69) is 38.2 Å². The zero-order valence-electron chi connectivity index (χ0n) is 15.9. The van der Waals surface area contributed by atoms with Crippen molar-refractivity contribution < 1.29 is 14.3 Å². The van der Waals surface area contributed by atoms with Gasteiger partial charge >= 0.3 is 5.97 Å². The predicted molar refractivity (Wildman–Crippen MR) is 107 cm³/mol. The van der Waals surface area contributed by atoms with Crippen LogP contribution in [-0.4, -0.2) is 43.0 Å². The maximum absolute atomic E-state index is 11.5. The second-order valence-corrected chi connectivity index (χ2v) is 6.82. The van der Waals surface area contributed by atoms with Gasteiger partial charge in [-0.05, 0) is 37.2 Å². The quantitative estimate of drug-likeness (QED) is 0.345. The van der Waals surface area contributed by atoms with Crippen molar-refractivity contribution in [1.29, 1.82) is 0 Å². The highest BCUT2D eigenvalue weighted by Gasteiger charge is 2.10. The number of Topliss-reactive ketones (excluding diaryl/α,β-unsaturated/α-hetero) is 1. The lowest BCUT2D eigenvalue weighted by molar-refractivity contribution is -0.146. The molecular formula is C20H33NO3S. The van der Waals surface area contributed by atoms with E-state index in [4.69, 9.17) is 4.74 Å². The normalized spacial score (nSPS) is 9.88. The third-order valence-corrected chi connectivity index (χ3v) is 4.19. The van der Waals surface area contributed by atoms with Crippen LogP contribution in [0.25, 0.3) is 0 Å². The van der Waals surface area contributed by atoms with Crippen molar-refractivity contribution in [3.8, 4) is 0 Å². The number of esters is 1.